The maximum absolute atomic E-state index is 9.45. The highest BCUT2D eigenvalue weighted by Gasteiger charge is 2.25. The third-order valence-corrected chi connectivity index (χ3v) is 3.87. The topological polar surface area (TPSA) is 86.2 Å². The van der Waals surface area contributed by atoms with Gasteiger partial charge in [0, 0.05) is 17.5 Å². The van der Waals surface area contributed by atoms with Gasteiger partial charge in [-0.1, -0.05) is 18.2 Å². The molecule has 1 aliphatic rings. The third-order valence-electron chi connectivity index (χ3n) is 3.87. The number of pyridine rings is 1. The average Bonchev–Trinajstić information content (AvgIpc) is 2.94. The minimum absolute atomic E-state index is 0.0459. The third kappa shape index (κ3) is 2.10. The molecule has 0 aliphatic carbocycles. The molecule has 1 atom stereocenters. The summed E-state index contributed by atoms with van der Waals surface area (Å²) < 4.78 is 0. The molecule has 4 N–H and O–H groups in total. The van der Waals surface area contributed by atoms with E-state index >= 15 is 0 Å². The van der Waals surface area contributed by atoms with Gasteiger partial charge >= 0.3 is 0 Å². The van der Waals surface area contributed by atoms with Crippen molar-refractivity contribution in [1.82, 2.24) is 4.98 Å². The van der Waals surface area contributed by atoms with Crippen LogP contribution in [0.4, 0.5) is 5.82 Å². The predicted molar refractivity (Wildman–Crippen MR) is 80.2 cm³/mol. The summed E-state index contributed by atoms with van der Waals surface area (Å²) >= 11 is 0. The number of benzene rings is 1. The van der Waals surface area contributed by atoms with E-state index in [9.17, 15) is 5.11 Å². The normalized spacial score (nSPS) is 18.6. The van der Waals surface area contributed by atoms with Gasteiger partial charge in [-0.2, -0.15) is 0 Å². The van der Waals surface area contributed by atoms with Crippen molar-refractivity contribution in [3.63, 3.8) is 0 Å². The fraction of sp³-hybridized carbons (Fsp3) is 0.333. The Labute approximate surface area is 117 Å². The quantitative estimate of drug-likeness (QED) is 0.582. The minimum atomic E-state index is 0.0459. The molecule has 1 aliphatic heterocycles. The van der Waals surface area contributed by atoms with Crippen LogP contribution < -0.4 is 10.6 Å². The molecule has 0 spiro atoms. The number of fused-ring (bicyclic) bond motifs is 1. The highest BCUT2D eigenvalue weighted by Crippen LogP contribution is 2.28. The molecule has 1 unspecified atom stereocenters. The second kappa shape index (κ2) is 5.09. The zero-order valence-electron chi connectivity index (χ0n) is 11.2. The van der Waals surface area contributed by atoms with Crippen molar-refractivity contribution in [3.05, 3.63) is 35.9 Å². The van der Waals surface area contributed by atoms with Gasteiger partial charge in [0.2, 0.25) is 0 Å². The minimum Gasteiger partial charge on any atom is -0.394 e. The molecule has 1 aromatic heterocycles. The molecule has 1 fully saturated rings. The fourth-order valence-corrected chi connectivity index (χ4v) is 2.86. The first-order chi connectivity index (χ1) is 9.70. The Morgan fingerprint density at radius 1 is 1.45 bits per heavy atom. The van der Waals surface area contributed by atoms with E-state index in [1.54, 1.807) is 0 Å². The molecule has 5 nitrogen and oxygen atoms in total. The van der Waals surface area contributed by atoms with Crippen LogP contribution >= 0.6 is 0 Å². The lowest BCUT2D eigenvalue weighted by molar-refractivity contribution is 0.266. The van der Waals surface area contributed by atoms with Crippen LogP contribution in [0.3, 0.4) is 0 Å². The fourth-order valence-electron chi connectivity index (χ4n) is 2.86. The summed E-state index contributed by atoms with van der Waals surface area (Å²) in [6, 6.07) is 9.67. The van der Waals surface area contributed by atoms with E-state index in [1.165, 1.54) is 0 Å². The summed E-state index contributed by atoms with van der Waals surface area (Å²) in [5.41, 5.74) is 7.24. The van der Waals surface area contributed by atoms with Crippen LogP contribution in [-0.4, -0.2) is 35.1 Å². The van der Waals surface area contributed by atoms with Crippen molar-refractivity contribution in [3.8, 4) is 0 Å². The number of nitrogen functional groups attached to an aromatic ring is 1. The first-order valence-electron chi connectivity index (χ1n) is 6.82. The lowest BCUT2D eigenvalue weighted by atomic mass is 10.1. The Kier molecular flexibility index (Phi) is 3.28. The largest absolute Gasteiger partial charge is 0.394 e. The van der Waals surface area contributed by atoms with Gasteiger partial charge in [-0.15, -0.1) is 0 Å². The van der Waals surface area contributed by atoms with Gasteiger partial charge in [-0.3, -0.25) is 5.41 Å². The number of aromatic nitrogens is 1. The molecular weight excluding hydrogens is 252 g/mol. The Morgan fingerprint density at radius 3 is 3.00 bits per heavy atom. The van der Waals surface area contributed by atoms with Crippen LogP contribution in [0.1, 0.15) is 18.4 Å². The summed E-state index contributed by atoms with van der Waals surface area (Å²) in [5.74, 6) is 0.843. The van der Waals surface area contributed by atoms with Crippen LogP contribution in [0, 0.1) is 5.41 Å². The van der Waals surface area contributed by atoms with E-state index in [2.05, 4.69) is 9.88 Å². The molecule has 5 heteroatoms. The van der Waals surface area contributed by atoms with E-state index in [0.29, 0.717) is 5.56 Å². The SMILES string of the molecule is N=C(N)c1cc(N2CCCC2CO)nc2ccccc12. The van der Waals surface area contributed by atoms with E-state index < -0.39 is 0 Å². The van der Waals surface area contributed by atoms with Gasteiger partial charge in [0.1, 0.15) is 11.7 Å². The highest BCUT2D eigenvalue weighted by molar-refractivity contribution is 6.07. The number of para-hydroxylation sites is 1. The molecule has 1 aromatic carbocycles. The van der Waals surface area contributed by atoms with Crippen LogP contribution in [0.2, 0.25) is 0 Å². The number of aliphatic hydroxyl groups is 1. The maximum atomic E-state index is 9.45. The van der Waals surface area contributed by atoms with Gasteiger partial charge in [0.15, 0.2) is 0 Å². The van der Waals surface area contributed by atoms with Gasteiger partial charge in [-0.05, 0) is 25.0 Å². The number of hydrogen-bond acceptors (Lipinski definition) is 4. The average molecular weight is 270 g/mol. The van der Waals surface area contributed by atoms with E-state index in [-0.39, 0.29) is 18.5 Å². The molecule has 20 heavy (non-hydrogen) atoms. The lowest BCUT2D eigenvalue weighted by Gasteiger charge is -2.25. The monoisotopic (exact) mass is 270 g/mol. The molecule has 0 saturated carbocycles. The molecule has 1 saturated heterocycles. The summed E-state index contributed by atoms with van der Waals surface area (Å²) in [7, 11) is 0. The molecular formula is C15H18N4O. The number of rotatable bonds is 3. The Hall–Kier alpha value is -2.14. The van der Waals surface area contributed by atoms with Crippen molar-refractivity contribution in [2.24, 2.45) is 5.73 Å². The number of aliphatic hydroxyl groups excluding tert-OH is 1. The van der Waals surface area contributed by atoms with Gasteiger partial charge in [0.05, 0.1) is 18.2 Å². The molecule has 3 rings (SSSR count). The summed E-state index contributed by atoms with van der Waals surface area (Å²) in [4.78, 5) is 6.77. The maximum Gasteiger partial charge on any atom is 0.130 e. The molecule has 2 aromatic rings. The molecule has 0 amide bonds. The van der Waals surface area contributed by atoms with E-state index in [0.717, 1.165) is 36.1 Å². The van der Waals surface area contributed by atoms with Crippen LogP contribution in [0.5, 0.6) is 0 Å². The smallest absolute Gasteiger partial charge is 0.130 e. The van der Waals surface area contributed by atoms with Crippen molar-refractivity contribution < 1.29 is 5.11 Å². The van der Waals surface area contributed by atoms with Crippen molar-refractivity contribution in [2.75, 3.05) is 18.1 Å². The van der Waals surface area contributed by atoms with Gasteiger partial charge in [-0.25, -0.2) is 4.98 Å². The summed E-state index contributed by atoms with van der Waals surface area (Å²) in [6.07, 6.45) is 2.02. The van der Waals surface area contributed by atoms with Crippen molar-refractivity contribution in [2.45, 2.75) is 18.9 Å². The number of anilines is 1. The van der Waals surface area contributed by atoms with Crippen molar-refractivity contribution >= 4 is 22.6 Å². The second-order valence-corrected chi connectivity index (χ2v) is 5.13. The number of amidine groups is 1. The van der Waals surface area contributed by atoms with Gasteiger partial charge in [0.25, 0.3) is 0 Å². The van der Waals surface area contributed by atoms with Crippen molar-refractivity contribution in [1.29, 1.82) is 5.41 Å². The first-order valence-corrected chi connectivity index (χ1v) is 6.82. The Balaban J connectivity index is 2.15. The molecule has 2 heterocycles. The number of hydrogen-bond donors (Lipinski definition) is 3. The Bertz CT molecular complexity index is 655. The highest BCUT2D eigenvalue weighted by atomic mass is 16.3. The number of nitrogens with one attached hydrogen (secondary N) is 1. The van der Waals surface area contributed by atoms with E-state index in [4.69, 9.17) is 11.1 Å². The first kappa shape index (κ1) is 12.9. The number of nitrogens with zero attached hydrogens (tertiary/aromatic N) is 2. The Morgan fingerprint density at radius 2 is 2.25 bits per heavy atom. The standard InChI is InChI=1S/C15H18N4O/c16-15(17)12-8-14(19-7-3-4-10(19)9-20)18-13-6-2-1-5-11(12)13/h1-2,5-6,8,10,20H,3-4,7,9H2,(H3,16,17). The molecule has 0 radical (unpaired) electrons. The molecule has 0 bridgehead atoms. The van der Waals surface area contributed by atoms with E-state index in [1.807, 2.05) is 30.3 Å². The van der Waals surface area contributed by atoms with Crippen LogP contribution in [0.25, 0.3) is 10.9 Å². The summed E-state index contributed by atoms with van der Waals surface area (Å²) in [6.45, 7) is 1.01. The second-order valence-electron chi connectivity index (χ2n) is 5.13. The zero-order chi connectivity index (χ0) is 14.1. The zero-order valence-corrected chi connectivity index (χ0v) is 11.2. The predicted octanol–water partition coefficient (Wildman–Crippen LogP) is 1.48. The lowest BCUT2D eigenvalue weighted by Crippen LogP contribution is -2.33. The summed E-state index contributed by atoms with van der Waals surface area (Å²) in [5, 5.41) is 18.1. The van der Waals surface area contributed by atoms with Crippen LogP contribution in [-0.2, 0) is 0 Å². The van der Waals surface area contributed by atoms with Gasteiger partial charge < -0.3 is 15.7 Å². The van der Waals surface area contributed by atoms with Crippen LogP contribution in [0.15, 0.2) is 30.3 Å². The molecule has 104 valence electrons. The number of nitrogens with two attached hydrogens (primary N) is 1.